The van der Waals surface area contributed by atoms with Crippen molar-refractivity contribution in [1.82, 2.24) is 4.98 Å². The molecule has 0 spiro atoms. The summed E-state index contributed by atoms with van der Waals surface area (Å²) in [5.41, 5.74) is 5.64. The van der Waals surface area contributed by atoms with Crippen molar-refractivity contribution in [2.45, 2.75) is 52.4 Å². The van der Waals surface area contributed by atoms with Gasteiger partial charge in [0.1, 0.15) is 11.5 Å². The van der Waals surface area contributed by atoms with Gasteiger partial charge in [-0.05, 0) is 74.4 Å². The van der Waals surface area contributed by atoms with E-state index in [1.165, 1.54) is 23.8 Å². The first-order chi connectivity index (χ1) is 15.5. The first-order valence-electron chi connectivity index (χ1n) is 11.4. The highest BCUT2D eigenvalue weighted by Gasteiger charge is 2.33. The normalized spacial score (nSPS) is 15.9. The van der Waals surface area contributed by atoms with Gasteiger partial charge in [-0.1, -0.05) is 30.7 Å². The number of hydrogen-bond donors (Lipinski definition) is 0. The number of carbonyl (C=O) groups is 1. The van der Waals surface area contributed by atoms with Crippen molar-refractivity contribution in [3.63, 3.8) is 0 Å². The first kappa shape index (κ1) is 22.1. The van der Waals surface area contributed by atoms with Crippen LogP contribution in [0.3, 0.4) is 0 Å². The van der Waals surface area contributed by atoms with Gasteiger partial charge < -0.3 is 13.9 Å². The smallest absolute Gasteiger partial charge is 0.309 e. The zero-order chi connectivity index (χ0) is 22.7. The number of nitrogens with zero attached hydrogens (tertiary/aromatic N) is 1. The fraction of sp³-hybridized carbons (Fsp3) is 0.407. The first-order valence-corrected chi connectivity index (χ1v) is 11.4. The number of rotatable bonds is 8. The predicted molar refractivity (Wildman–Crippen MR) is 124 cm³/mol. The molecule has 1 heterocycles. The van der Waals surface area contributed by atoms with E-state index >= 15 is 0 Å². The number of methoxy groups -OCH3 is 1. The lowest BCUT2D eigenvalue weighted by Gasteiger charge is -2.20. The Bertz CT molecular complexity index is 1080. The van der Waals surface area contributed by atoms with E-state index in [2.05, 4.69) is 36.2 Å². The van der Waals surface area contributed by atoms with Crippen LogP contribution in [0.25, 0.3) is 11.5 Å². The molecule has 3 aromatic rings. The second-order valence-electron chi connectivity index (χ2n) is 8.53. The summed E-state index contributed by atoms with van der Waals surface area (Å²) in [6.07, 6.45) is 3.41. The standard InChI is InChI=1S/C27H31NO4/c1-5-22(27(29)30-4)24-12-10-20-16-21(11-13-23(20)24)31-15-14-25-18(3)32-26(28-25)19-8-6-17(2)7-9-19/h6-9,11,13,16,22,24H,5,10,12,14-15H2,1-4H3/t22-,24-/m1/s1. The average Bonchev–Trinajstić information content (AvgIpc) is 3.38. The van der Waals surface area contributed by atoms with Crippen molar-refractivity contribution in [2.75, 3.05) is 13.7 Å². The lowest BCUT2D eigenvalue weighted by molar-refractivity contribution is -0.146. The third-order valence-electron chi connectivity index (χ3n) is 6.47. The van der Waals surface area contributed by atoms with Gasteiger partial charge in [0.2, 0.25) is 5.89 Å². The molecule has 0 aliphatic heterocycles. The van der Waals surface area contributed by atoms with Crippen molar-refractivity contribution in [3.05, 3.63) is 70.6 Å². The maximum Gasteiger partial charge on any atom is 0.309 e. The van der Waals surface area contributed by atoms with Crippen molar-refractivity contribution in [1.29, 1.82) is 0 Å². The van der Waals surface area contributed by atoms with Crippen molar-refractivity contribution >= 4 is 5.97 Å². The van der Waals surface area contributed by atoms with Gasteiger partial charge in [-0.25, -0.2) is 4.98 Å². The Hall–Kier alpha value is -3.08. The summed E-state index contributed by atoms with van der Waals surface area (Å²) in [5, 5.41) is 0. The van der Waals surface area contributed by atoms with Crippen molar-refractivity contribution < 1.29 is 18.7 Å². The Morgan fingerprint density at radius 1 is 1.19 bits per heavy atom. The number of aryl methyl sites for hydroxylation is 3. The summed E-state index contributed by atoms with van der Waals surface area (Å²) < 4.78 is 16.9. The summed E-state index contributed by atoms with van der Waals surface area (Å²) in [4.78, 5) is 16.8. The van der Waals surface area contributed by atoms with Crippen molar-refractivity contribution in [3.8, 4) is 17.2 Å². The summed E-state index contributed by atoms with van der Waals surface area (Å²) >= 11 is 0. The van der Waals surface area contributed by atoms with Crippen LogP contribution in [0.2, 0.25) is 0 Å². The highest BCUT2D eigenvalue weighted by molar-refractivity contribution is 5.74. The molecular weight excluding hydrogens is 402 g/mol. The molecule has 2 aromatic carbocycles. The average molecular weight is 434 g/mol. The lowest BCUT2D eigenvalue weighted by Crippen LogP contribution is -2.21. The molecule has 0 saturated carbocycles. The molecule has 1 aliphatic carbocycles. The Kier molecular flexibility index (Phi) is 6.63. The lowest BCUT2D eigenvalue weighted by atomic mass is 9.85. The summed E-state index contributed by atoms with van der Waals surface area (Å²) in [6.45, 7) is 6.59. The fourth-order valence-electron chi connectivity index (χ4n) is 4.65. The fourth-order valence-corrected chi connectivity index (χ4v) is 4.65. The van der Waals surface area contributed by atoms with Crippen LogP contribution < -0.4 is 4.74 Å². The van der Waals surface area contributed by atoms with E-state index in [0.717, 1.165) is 42.0 Å². The zero-order valence-electron chi connectivity index (χ0n) is 19.3. The Balaban J connectivity index is 1.38. The number of aromatic nitrogens is 1. The Morgan fingerprint density at radius 3 is 2.69 bits per heavy atom. The van der Waals surface area contributed by atoms with Gasteiger partial charge in [0.15, 0.2) is 0 Å². The zero-order valence-corrected chi connectivity index (χ0v) is 19.3. The topological polar surface area (TPSA) is 61.6 Å². The molecule has 4 rings (SSSR count). The SMILES string of the molecule is CC[C@@H](C(=O)OC)[C@H]1CCc2cc(OCCc3nc(-c4ccc(C)cc4)oc3C)ccc21. The molecule has 5 heteroatoms. The molecule has 32 heavy (non-hydrogen) atoms. The molecule has 168 valence electrons. The number of esters is 1. The number of hydrogen-bond acceptors (Lipinski definition) is 5. The minimum Gasteiger partial charge on any atom is -0.493 e. The summed E-state index contributed by atoms with van der Waals surface area (Å²) in [6, 6.07) is 14.4. The van der Waals surface area contributed by atoms with Crippen LogP contribution in [0.4, 0.5) is 0 Å². The number of ether oxygens (including phenoxy) is 2. The van der Waals surface area contributed by atoms with Gasteiger partial charge in [-0.2, -0.15) is 0 Å². The molecule has 0 saturated heterocycles. The molecule has 0 bridgehead atoms. The molecule has 0 N–H and O–H groups in total. The van der Waals surface area contributed by atoms with E-state index in [9.17, 15) is 4.79 Å². The molecule has 0 fully saturated rings. The number of oxazole rings is 1. The summed E-state index contributed by atoms with van der Waals surface area (Å²) in [7, 11) is 1.47. The van der Waals surface area contributed by atoms with Gasteiger partial charge in [0.25, 0.3) is 0 Å². The van der Waals surface area contributed by atoms with Crippen LogP contribution in [0, 0.1) is 19.8 Å². The third-order valence-corrected chi connectivity index (χ3v) is 6.47. The van der Waals surface area contributed by atoms with E-state index in [4.69, 9.17) is 13.9 Å². The quantitative estimate of drug-likeness (QED) is 0.420. The van der Waals surface area contributed by atoms with Gasteiger partial charge in [0, 0.05) is 12.0 Å². The van der Waals surface area contributed by atoms with Crippen LogP contribution in [0.15, 0.2) is 46.9 Å². The van der Waals surface area contributed by atoms with Crippen LogP contribution in [0.1, 0.15) is 53.8 Å². The molecule has 1 aliphatic rings. The molecule has 0 amide bonds. The third kappa shape index (κ3) is 4.57. The maximum atomic E-state index is 12.2. The second kappa shape index (κ2) is 9.60. The van der Waals surface area contributed by atoms with E-state index in [1.54, 1.807) is 0 Å². The van der Waals surface area contributed by atoms with E-state index in [-0.39, 0.29) is 17.8 Å². The largest absolute Gasteiger partial charge is 0.493 e. The molecule has 0 unspecified atom stereocenters. The highest BCUT2D eigenvalue weighted by atomic mass is 16.5. The number of fused-ring (bicyclic) bond motifs is 1. The predicted octanol–water partition coefficient (Wildman–Crippen LogP) is 5.81. The summed E-state index contributed by atoms with van der Waals surface area (Å²) in [5.74, 6) is 2.38. The van der Waals surface area contributed by atoms with E-state index < -0.39 is 0 Å². The van der Waals surface area contributed by atoms with Crippen LogP contribution >= 0.6 is 0 Å². The van der Waals surface area contributed by atoms with Gasteiger partial charge in [-0.15, -0.1) is 0 Å². The number of benzene rings is 2. The van der Waals surface area contributed by atoms with Gasteiger partial charge >= 0.3 is 5.97 Å². The van der Waals surface area contributed by atoms with Crippen LogP contribution in [0.5, 0.6) is 5.75 Å². The monoisotopic (exact) mass is 433 g/mol. The highest BCUT2D eigenvalue weighted by Crippen LogP contribution is 2.41. The minimum absolute atomic E-state index is 0.0779. The van der Waals surface area contributed by atoms with E-state index in [1.807, 2.05) is 32.0 Å². The minimum atomic E-state index is -0.112. The Labute approximate surface area is 189 Å². The van der Waals surface area contributed by atoms with E-state index in [0.29, 0.717) is 18.9 Å². The van der Waals surface area contributed by atoms with Crippen LogP contribution in [-0.2, 0) is 22.4 Å². The maximum absolute atomic E-state index is 12.2. The molecule has 5 nitrogen and oxygen atoms in total. The number of carbonyl (C=O) groups excluding carboxylic acids is 1. The van der Waals surface area contributed by atoms with Crippen molar-refractivity contribution in [2.24, 2.45) is 5.92 Å². The molecule has 0 radical (unpaired) electrons. The van der Waals surface area contributed by atoms with Crippen LogP contribution in [-0.4, -0.2) is 24.7 Å². The molecular formula is C27H31NO4. The molecule has 2 atom stereocenters. The Morgan fingerprint density at radius 2 is 1.97 bits per heavy atom. The van der Waals surface area contributed by atoms with Gasteiger partial charge in [-0.3, -0.25) is 4.79 Å². The second-order valence-corrected chi connectivity index (χ2v) is 8.53. The van der Waals surface area contributed by atoms with Gasteiger partial charge in [0.05, 0.1) is 25.3 Å². The molecule has 1 aromatic heterocycles.